The Balaban J connectivity index is 2.09. The molecule has 1 aliphatic rings. The maximum Gasteiger partial charge on any atom is 0.306 e. The number of aliphatic carboxylic acids is 1. The van der Waals surface area contributed by atoms with Crippen LogP contribution in [0.3, 0.4) is 0 Å². The summed E-state index contributed by atoms with van der Waals surface area (Å²) >= 11 is 0. The Morgan fingerprint density at radius 3 is 2.82 bits per heavy atom. The van der Waals surface area contributed by atoms with E-state index in [4.69, 9.17) is 5.11 Å². The van der Waals surface area contributed by atoms with Crippen LogP contribution in [0.5, 0.6) is 0 Å². The number of benzene rings is 1. The molecule has 0 heterocycles. The van der Waals surface area contributed by atoms with Crippen molar-refractivity contribution in [2.75, 3.05) is 0 Å². The fourth-order valence-electron chi connectivity index (χ4n) is 2.70. The number of hydrogen-bond donors (Lipinski definition) is 1. The van der Waals surface area contributed by atoms with E-state index in [1.807, 2.05) is 6.92 Å². The summed E-state index contributed by atoms with van der Waals surface area (Å²) in [5.41, 5.74) is 4.07. The van der Waals surface area contributed by atoms with Crippen molar-refractivity contribution in [2.24, 2.45) is 5.92 Å². The Hall–Kier alpha value is -1.31. The number of carbonyl (C=O) groups is 1. The van der Waals surface area contributed by atoms with E-state index in [0.29, 0.717) is 6.42 Å². The zero-order valence-electron chi connectivity index (χ0n) is 10.4. The molecule has 2 heteroatoms. The summed E-state index contributed by atoms with van der Waals surface area (Å²) in [6, 6.07) is 6.51. The highest BCUT2D eigenvalue weighted by Gasteiger charge is 2.18. The van der Waals surface area contributed by atoms with E-state index < -0.39 is 5.97 Å². The molecule has 0 radical (unpaired) electrons. The summed E-state index contributed by atoms with van der Waals surface area (Å²) in [6.45, 7) is 2.04. The minimum absolute atomic E-state index is 0.223. The van der Waals surface area contributed by atoms with Crippen molar-refractivity contribution < 1.29 is 9.90 Å². The van der Waals surface area contributed by atoms with Gasteiger partial charge in [-0.05, 0) is 48.8 Å². The maximum atomic E-state index is 11.1. The van der Waals surface area contributed by atoms with Gasteiger partial charge in [-0.25, -0.2) is 0 Å². The lowest BCUT2D eigenvalue weighted by molar-refractivity contribution is -0.141. The summed E-state index contributed by atoms with van der Waals surface area (Å²) in [7, 11) is 0. The molecule has 0 saturated carbocycles. The molecule has 92 valence electrons. The predicted octanol–water partition coefficient (Wildman–Crippen LogP) is 3.22. The second-order valence-corrected chi connectivity index (χ2v) is 4.98. The summed E-state index contributed by atoms with van der Waals surface area (Å²) in [5.74, 6) is -0.883. The molecular formula is C15H20O2. The van der Waals surface area contributed by atoms with E-state index in [1.54, 1.807) is 0 Å². The largest absolute Gasteiger partial charge is 0.481 e. The zero-order chi connectivity index (χ0) is 12.3. The van der Waals surface area contributed by atoms with E-state index in [-0.39, 0.29) is 5.92 Å². The minimum atomic E-state index is -0.660. The third-order valence-corrected chi connectivity index (χ3v) is 3.63. The molecular weight excluding hydrogens is 212 g/mol. The van der Waals surface area contributed by atoms with Gasteiger partial charge >= 0.3 is 5.97 Å². The van der Waals surface area contributed by atoms with Crippen LogP contribution in [0, 0.1) is 5.92 Å². The van der Waals surface area contributed by atoms with Crippen molar-refractivity contribution in [3.05, 3.63) is 34.9 Å². The lowest BCUT2D eigenvalue weighted by atomic mass is 9.93. The van der Waals surface area contributed by atoms with E-state index in [2.05, 4.69) is 18.2 Å². The monoisotopic (exact) mass is 232 g/mol. The number of aryl methyl sites for hydroxylation is 2. The molecule has 17 heavy (non-hydrogen) atoms. The number of rotatable bonds is 5. The number of carboxylic acid groups (broad SMARTS) is 1. The first kappa shape index (κ1) is 12.2. The quantitative estimate of drug-likeness (QED) is 0.846. The van der Waals surface area contributed by atoms with E-state index in [1.165, 1.54) is 29.5 Å². The second-order valence-electron chi connectivity index (χ2n) is 4.98. The molecule has 0 aliphatic heterocycles. The molecule has 0 bridgehead atoms. The lowest BCUT2D eigenvalue weighted by Gasteiger charge is -2.12. The van der Waals surface area contributed by atoms with Crippen LogP contribution < -0.4 is 0 Å². The van der Waals surface area contributed by atoms with Crippen molar-refractivity contribution in [1.29, 1.82) is 0 Å². The van der Waals surface area contributed by atoms with Crippen molar-refractivity contribution in [2.45, 2.75) is 45.4 Å². The van der Waals surface area contributed by atoms with Crippen LogP contribution in [0.25, 0.3) is 0 Å². The maximum absolute atomic E-state index is 11.1. The van der Waals surface area contributed by atoms with Crippen LogP contribution in [0.1, 0.15) is 42.9 Å². The fraction of sp³-hybridized carbons (Fsp3) is 0.533. The van der Waals surface area contributed by atoms with Gasteiger partial charge in [-0.2, -0.15) is 0 Å². The lowest BCUT2D eigenvalue weighted by Crippen LogP contribution is -2.16. The molecule has 0 saturated heterocycles. The van der Waals surface area contributed by atoms with Crippen molar-refractivity contribution in [1.82, 2.24) is 0 Å². The highest BCUT2D eigenvalue weighted by molar-refractivity contribution is 5.70. The molecule has 0 amide bonds. The fourth-order valence-corrected chi connectivity index (χ4v) is 2.70. The number of fused-ring (bicyclic) bond motifs is 1. The Morgan fingerprint density at radius 1 is 1.35 bits per heavy atom. The molecule has 1 aliphatic carbocycles. The number of hydrogen-bond acceptors (Lipinski definition) is 1. The normalized spacial score (nSPS) is 15.6. The van der Waals surface area contributed by atoms with Gasteiger partial charge in [0.05, 0.1) is 5.92 Å². The average molecular weight is 232 g/mol. The van der Waals surface area contributed by atoms with Gasteiger partial charge in [0.1, 0.15) is 0 Å². The van der Waals surface area contributed by atoms with Crippen molar-refractivity contribution in [3.8, 4) is 0 Å². The molecule has 1 aromatic rings. The predicted molar refractivity (Wildman–Crippen MR) is 68.2 cm³/mol. The molecule has 1 unspecified atom stereocenters. The molecule has 2 nitrogen and oxygen atoms in total. The van der Waals surface area contributed by atoms with Crippen molar-refractivity contribution >= 4 is 5.97 Å². The summed E-state index contributed by atoms with van der Waals surface area (Å²) in [5, 5.41) is 9.16. The molecule has 1 N–H and O–H groups in total. The van der Waals surface area contributed by atoms with Crippen LogP contribution in [-0.2, 0) is 24.1 Å². The first-order chi connectivity index (χ1) is 8.20. The van der Waals surface area contributed by atoms with Crippen LogP contribution in [0.4, 0.5) is 0 Å². The molecule has 0 fully saturated rings. The van der Waals surface area contributed by atoms with Gasteiger partial charge in [-0.1, -0.05) is 31.5 Å². The topological polar surface area (TPSA) is 37.3 Å². The Morgan fingerprint density at radius 2 is 2.12 bits per heavy atom. The van der Waals surface area contributed by atoms with Crippen LogP contribution in [0.2, 0.25) is 0 Å². The average Bonchev–Trinajstić information content (AvgIpc) is 2.75. The molecule has 0 aromatic heterocycles. The van der Waals surface area contributed by atoms with Crippen LogP contribution in [0.15, 0.2) is 18.2 Å². The third-order valence-electron chi connectivity index (χ3n) is 3.63. The van der Waals surface area contributed by atoms with Gasteiger partial charge in [0.2, 0.25) is 0 Å². The first-order valence-electron chi connectivity index (χ1n) is 6.54. The van der Waals surface area contributed by atoms with E-state index >= 15 is 0 Å². The Bertz CT molecular complexity index is 409. The zero-order valence-corrected chi connectivity index (χ0v) is 10.4. The van der Waals surface area contributed by atoms with E-state index in [0.717, 1.165) is 19.3 Å². The summed E-state index contributed by atoms with van der Waals surface area (Å²) < 4.78 is 0. The minimum Gasteiger partial charge on any atom is -0.481 e. The highest BCUT2D eigenvalue weighted by Crippen LogP contribution is 2.24. The Kier molecular flexibility index (Phi) is 3.82. The molecule has 1 aromatic carbocycles. The molecule has 0 spiro atoms. The van der Waals surface area contributed by atoms with E-state index in [9.17, 15) is 4.79 Å². The molecule has 1 atom stereocenters. The first-order valence-corrected chi connectivity index (χ1v) is 6.54. The third kappa shape index (κ3) is 2.87. The Labute approximate surface area is 103 Å². The van der Waals surface area contributed by atoms with Gasteiger partial charge in [0.25, 0.3) is 0 Å². The van der Waals surface area contributed by atoms with Gasteiger partial charge in [-0.15, -0.1) is 0 Å². The van der Waals surface area contributed by atoms with Gasteiger partial charge in [0, 0.05) is 0 Å². The molecule has 2 rings (SSSR count). The van der Waals surface area contributed by atoms with Gasteiger partial charge in [0.15, 0.2) is 0 Å². The highest BCUT2D eigenvalue weighted by atomic mass is 16.4. The van der Waals surface area contributed by atoms with Crippen LogP contribution >= 0.6 is 0 Å². The smallest absolute Gasteiger partial charge is 0.306 e. The number of carboxylic acids is 1. The SMILES string of the molecule is CCCC(Cc1ccc2c(c1)CCC2)C(=O)O. The van der Waals surface area contributed by atoms with Gasteiger partial charge < -0.3 is 5.11 Å². The summed E-state index contributed by atoms with van der Waals surface area (Å²) in [6.07, 6.45) is 5.97. The van der Waals surface area contributed by atoms with Crippen molar-refractivity contribution in [3.63, 3.8) is 0 Å². The second kappa shape index (κ2) is 5.35. The summed E-state index contributed by atoms with van der Waals surface area (Å²) in [4.78, 5) is 11.1. The van der Waals surface area contributed by atoms with Crippen LogP contribution in [-0.4, -0.2) is 11.1 Å². The van der Waals surface area contributed by atoms with Gasteiger partial charge in [-0.3, -0.25) is 4.79 Å². The standard InChI is InChI=1S/C15H20O2/c1-2-4-14(15(16)17)10-11-7-8-12-5-3-6-13(12)9-11/h7-9,14H,2-6,10H2,1H3,(H,16,17).